The van der Waals surface area contributed by atoms with Gasteiger partial charge in [-0.3, -0.25) is 0 Å². The molecule has 1 aliphatic rings. The Morgan fingerprint density at radius 3 is 2.78 bits per heavy atom. The number of aliphatic carboxylic acids is 1. The number of carbonyl (C=O) groups excluding carboxylic acids is 1. The van der Waals surface area contributed by atoms with Crippen LogP contribution in [0.4, 0.5) is 4.79 Å². The number of carbonyl (C=O) groups is 2. The Morgan fingerprint density at radius 2 is 2.17 bits per heavy atom. The van der Waals surface area contributed by atoms with Crippen molar-refractivity contribution in [3.63, 3.8) is 0 Å². The summed E-state index contributed by atoms with van der Waals surface area (Å²) >= 11 is 0. The summed E-state index contributed by atoms with van der Waals surface area (Å²) in [6.07, 6.45) is 0.186. The van der Waals surface area contributed by atoms with Crippen LogP contribution in [0.2, 0.25) is 0 Å². The molecule has 0 radical (unpaired) electrons. The molecule has 7 nitrogen and oxygen atoms in total. The van der Waals surface area contributed by atoms with Crippen LogP contribution in [0.25, 0.3) is 0 Å². The first kappa shape index (κ1) is 14.7. The molecule has 1 rings (SSSR count). The highest BCUT2D eigenvalue weighted by molar-refractivity contribution is 5.74. The Bertz CT molecular complexity index is 285. The van der Waals surface area contributed by atoms with Gasteiger partial charge < -0.3 is 25.2 Å². The highest BCUT2D eigenvalue weighted by Gasteiger charge is 2.30. The number of hydrogen-bond acceptors (Lipinski definition) is 4. The third kappa shape index (κ3) is 5.33. The summed E-state index contributed by atoms with van der Waals surface area (Å²) in [7, 11) is 0. The molecule has 2 atom stereocenters. The lowest BCUT2D eigenvalue weighted by Gasteiger charge is -2.12. The average Bonchev–Trinajstić information content (AvgIpc) is 2.81. The number of amides is 2. The maximum Gasteiger partial charge on any atom is 0.332 e. The van der Waals surface area contributed by atoms with E-state index in [-0.39, 0.29) is 12.1 Å². The molecule has 18 heavy (non-hydrogen) atoms. The Kier molecular flexibility index (Phi) is 6.45. The second kappa shape index (κ2) is 7.88. The van der Waals surface area contributed by atoms with Crippen LogP contribution in [0.15, 0.2) is 0 Å². The molecule has 1 saturated heterocycles. The maximum atomic E-state index is 11.3. The van der Waals surface area contributed by atoms with Crippen molar-refractivity contribution >= 4 is 12.0 Å². The molecule has 0 aromatic heterocycles. The van der Waals surface area contributed by atoms with Crippen molar-refractivity contribution in [1.29, 1.82) is 0 Å². The van der Waals surface area contributed by atoms with Crippen LogP contribution in [-0.4, -0.2) is 55.6 Å². The Balaban J connectivity index is 2.07. The fourth-order valence-electron chi connectivity index (χ4n) is 1.69. The van der Waals surface area contributed by atoms with E-state index in [9.17, 15) is 9.59 Å². The van der Waals surface area contributed by atoms with Crippen LogP contribution in [0.3, 0.4) is 0 Å². The minimum atomic E-state index is -0.946. The fraction of sp³-hybridized carbons (Fsp3) is 0.818. The van der Waals surface area contributed by atoms with Gasteiger partial charge in [0.15, 0.2) is 6.10 Å². The van der Waals surface area contributed by atoms with E-state index >= 15 is 0 Å². The zero-order valence-corrected chi connectivity index (χ0v) is 10.5. The van der Waals surface area contributed by atoms with Crippen molar-refractivity contribution in [1.82, 2.24) is 10.6 Å². The van der Waals surface area contributed by atoms with Gasteiger partial charge in [-0.25, -0.2) is 9.59 Å². The van der Waals surface area contributed by atoms with Gasteiger partial charge in [0.2, 0.25) is 0 Å². The SMILES string of the molecule is CCOCCNC(=O)NCC1CCC(C(=O)O)O1. The lowest BCUT2D eigenvalue weighted by atomic mass is 10.2. The molecular weight excluding hydrogens is 240 g/mol. The van der Waals surface area contributed by atoms with Gasteiger partial charge in [0.25, 0.3) is 0 Å². The first-order valence-electron chi connectivity index (χ1n) is 6.11. The predicted octanol–water partition coefficient (Wildman–Crippen LogP) is -0.0457. The summed E-state index contributed by atoms with van der Waals surface area (Å²) in [6, 6.07) is -0.294. The number of hydrogen-bond donors (Lipinski definition) is 3. The van der Waals surface area contributed by atoms with Gasteiger partial charge in [0.05, 0.1) is 12.7 Å². The molecule has 0 spiro atoms. The first-order valence-corrected chi connectivity index (χ1v) is 6.11. The number of carboxylic acid groups (broad SMARTS) is 1. The molecule has 1 fully saturated rings. The smallest absolute Gasteiger partial charge is 0.332 e. The van der Waals surface area contributed by atoms with E-state index in [1.165, 1.54) is 0 Å². The van der Waals surface area contributed by atoms with E-state index < -0.39 is 12.1 Å². The van der Waals surface area contributed by atoms with Crippen molar-refractivity contribution in [2.24, 2.45) is 0 Å². The predicted molar refractivity (Wildman–Crippen MR) is 63.4 cm³/mol. The van der Waals surface area contributed by atoms with Crippen LogP contribution in [0.5, 0.6) is 0 Å². The van der Waals surface area contributed by atoms with Gasteiger partial charge in [-0.05, 0) is 19.8 Å². The molecule has 7 heteroatoms. The minimum absolute atomic E-state index is 0.219. The summed E-state index contributed by atoms with van der Waals surface area (Å²) in [6.45, 7) is 3.75. The number of nitrogens with one attached hydrogen (secondary N) is 2. The summed E-state index contributed by atoms with van der Waals surface area (Å²) < 4.78 is 10.3. The van der Waals surface area contributed by atoms with Crippen molar-refractivity contribution < 1.29 is 24.2 Å². The van der Waals surface area contributed by atoms with Crippen molar-refractivity contribution in [3.05, 3.63) is 0 Å². The molecule has 0 bridgehead atoms. The maximum absolute atomic E-state index is 11.3. The number of ether oxygens (including phenoxy) is 2. The van der Waals surface area contributed by atoms with Crippen molar-refractivity contribution in [2.45, 2.75) is 32.0 Å². The van der Waals surface area contributed by atoms with Gasteiger partial charge in [0.1, 0.15) is 0 Å². The van der Waals surface area contributed by atoms with Crippen molar-refractivity contribution in [3.8, 4) is 0 Å². The summed E-state index contributed by atoms with van der Waals surface area (Å²) in [5.41, 5.74) is 0. The fourth-order valence-corrected chi connectivity index (χ4v) is 1.69. The lowest BCUT2D eigenvalue weighted by molar-refractivity contribution is -0.149. The van der Waals surface area contributed by atoms with Crippen LogP contribution in [0, 0.1) is 0 Å². The second-order valence-corrected chi connectivity index (χ2v) is 4.00. The minimum Gasteiger partial charge on any atom is -0.479 e. The number of rotatable bonds is 7. The first-order chi connectivity index (χ1) is 8.63. The van der Waals surface area contributed by atoms with Gasteiger partial charge in [-0.1, -0.05) is 0 Å². The molecule has 1 heterocycles. The molecule has 104 valence electrons. The lowest BCUT2D eigenvalue weighted by Crippen LogP contribution is -2.41. The van der Waals surface area contributed by atoms with Crippen LogP contribution in [0.1, 0.15) is 19.8 Å². The standard InChI is InChI=1S/C11H20N2O5/c1-2-17-6-5-12-11(16)13-7-8-3-4-9(18-8)10(14)15/h8-9H,2-7H2,1H3,(H,14,15)(H2,12,13,16). The Hall–Kier alpha value is -1.34. The number of urea groups is 1. The summed E-state index contributed by atoms with van der Waals surface area (Å²) in [4.78, 5) is 22.0. The summed E-state index contributed by atoms with van der Waals surface area (Å²) in [5.74, 6) is -0.946. The topological polar surface area (TPSA) is 96.9 Å². The van der Waals surface area contributed by atoms with Crippen LogP contribution < -0.4 is 10.6 Å². The molecule has 3 N–H and O–H groups in total. The second-order valence-electron chi connectivity index (χ2n) is 4.00. The van der Waals surface area contributed by atoms with Gasteiger partial charge in [0, 0.05) is 19.7 Å². The average molecular weight is 260 g/mol. The van der Waals surface area contributed by atoms with E-state index in [1.54, 1.807) is 0 Å². The van der Waals surface area contributed by atoms with E-state index in [0.717, 1.165) is 0 Å². The molecular formula is C11H20N2O5. The highest BCUT2D eigenvalue weighted by Crippen LogP contribution is 2.18. The number of carboxylic acids is 1. The Labute approximate surface area is 106 Å². The van der Waals surface area contributed by atoms with Crippen LogP contribution in [-0.2, 0) is 14.3 Å². The van der Waals surface area contributed by atoms with Gasteiger partial charge in [-0.2, -0.15) is 0 Å². The van der Waals surface area contributed by atoms with Crippen LogP contribution >= 0.6 is 0 Å². The Morgan fingerprint density at radius 1 is 1.39 bits per heavy atom. The van der Waals surface area contributed by atoms with Gasteiger partial charge in [-0.15, -0.1) is 0 Å². The van der Waals surface area contributed by atoms with E-state index in [0.29, 0.717) is 39.1 Å². The molecule has 2 unspecified atom stereocenters. The zero-order chi connectivity index (χ0) is 13.4. The van der Waals surface area contributed by atoms with E-state index in [2.05, 4.69) is 10.6 Å². The molecule has 1 aliphatic heterocycles. The largest absolute Gasteiger partial charge is 0.479 e. The third-order valence-corrected chi connectivity index (χ3v) is 2.61. The molecule has 0 saturated carbocycles. The van der Waals surface area contributed by atoms with E-state index in [4.69, 9.17) is 14.6 Å². The zero-order valence-electron chi connectivity index (χ0n) is 10.5. The molecule has 0 aromatic rings. The molecule has 0 aromatic carbocycles. The van der Waals surface area contributed by atoms with E-state index in [1.807, 2.05) is 6.92 Å². The third-order valence-electron chi connectivity index (χ3n) is 2.61. The quantitative estimate of drug-likeness (QED) is 0.558. The molecule has 2 amide bonds. The van der Waals surface area contributed by atoms with Crippen molar-refractivity contribution in [2.75, 3.05) is 26.3 Å². The molecule has 0 aliphatic carbocycles. The normalized spacial score (nSPS) is 22.7. The van der Waals surface area contributed by atoms with Gasteiger partial charge >= 0.3 is 12.0 Å². The summed E-state index contributed by atoms with van der Waals surface area (Å²) in [5, 5.41) is 14.0. The highest BCUT2D eigenvalue weighted by atomic mass is 16.5. The monoisotopic (exact) mass is 260 g/mol.